The summed E-state index contributed by atoms with van der Waals surface area (Å²) < 4.78 is 0. The zero-order chi connectivity index (χ0) is 13.7. The number of carbonyl (C=O) groups is 1. The molecule has 1 N–H and O–H groups in total. The smallest absolute Gasteiger partial charge is 0.257 e. The molecular weight excluding hydrogens is 249 g/mol. The Morgan fingerprint density at radius 3 is 2.85 bits per heavy atom. The van der Waals surface area contributed by atoms with E-state index in [1.807, 2.05) is 11.0 Å². The predicted octanol–water partition coefficient (Wildman–Crippen LogP) is -0.400. The first-order chi connectivity index (χ1) is 9.73. The summed E-state index contributed by atoms with van der Waals surface area (Å²) in [6.45, 7) is 1.53. The average Bonchev–Trinajstić information content (AvgIpc) is 3.01. The molecule has 2 aliphatic rings. The van der Waals surface area contributed by atoms with Crippen LogP contribution in [0.15, 0.2) is 42.7 Å². The van der Waals surface area contributed by atoms with Crippen LogP contribution in [0.1, 0.15) is 21.5 Å². The third-order valence-corrected chi connectivity index (χ3v) is 4.28. The number of benzene rings is 1. The van der Waals surface area contributed by atoms with Crippen LogP contribution in [0.25, 0.3) is 0 Å². The number of hydrogen-bond donors (Lipinski definition) is 1. The van der Waals surface area contributed by atoms with Gasteiger partial charge in [0.25, 0.3) is 5.91 Å². The number of nitrogens with one attached hydrogen (secondary N) is 1. The normalized spacial score (nSPS) is 23.8. The molecule has 0 spiro atoms. The molecule has 1 aromatic heterocycles. The zero-order valence-electron chi connectivity index (χ0n) is 11.3. The van der Waals surface area contributed by atoms with Crippen LogP contribution in [0.4, 0.5) is 0 Å². The molecule has 0 aliphatic carbocycles. The van der Waals surface area contributed by atoms with Gasteiger partial charge in [0.1, 0.15) is 13.5 Å². The van der Waals surface area contributed by atoms with E-state index >= 15 is 0 Å². The minimum absolute atomic E-state index is 0.0682. The van der Waals surface area contributed by atoms with Crippen molar-refractivity contribution in [2.45, 2.75) is 5.66 Å². The van der Waals surface area contributed by atoms with Crippen LogP contribution in [-0.4, -0.2) is 36.7 Å². The van der Waals surface area contributed by atoms with Crippen LogP contribution in [0, 0.1) is 0 Å². The molecule has 0 radical (unpaired) electrons. The molecule has 1 fully saturated rings. The number of pyridine rings is 1. The van der Waals surface area contributed by atoms with Crippen molar-refractivity contribution in [1.82, 2.24) is 15.2 Å². The number of fused-ring (bicyclic) bond motifs is 3. The molecule has 0 saturated carbocycles. The van der Waals surface area contributed by atoms with Crippen LogP contribution in [-0.2, 0) is 5.66 Å². The SMILES string of the molecule is Bc1ccc(C23NCCN2C(=O)c2cnccc23)cc1. The van der Waals surface area contributed by atoms with Crippen LogP contribution in [0.2, 0.25) is 0 Å². The predicted molar refractivity (Wildman–Crippen MR) is 78.7 cm³/mol. The first-order valence-electron chi connectivity index (χ1n) is 6.82. The highest BCUT2D eigenvalue weighted by Gasteiger charge is 2.53. The Bertz CT molecular complexity index is 701. The maximum atomic E-state index is 12.6. The minimum atomic E-state index is -0.511. The summed E-state index contributed by atoms with van der Waals surface area (Å²) in [7, 11) is 2.07. The van der Waals surface area contributed by atoms with Crippen LogP contribution >= 0.6 is 0 Å². The molecule has 1 aromatic carbocycles. The van der Waals surface area contributed by atoms with Gasteiger partial charge in [-0.3, -0.25) is 15.1 Å². The standard InChI is InChI=1S/C15H14BN3O/c16-11-3-1-10(2-4-11)15-13-5-6-17-9-12(13)14(20)19(15)8-7-18-15/h1-6,9,18H,7-8,16H2. The highest BCUT2D eigenvalue weighted by Crippen LogP contribution is 2.43. The van der Waals surface area contributed by atoms with Crippen molar-refractivity contribution in [3.05, 3.63) is 59.4 Å². The second kappa shape index (κ2) is 3.93. The fourth-order valence-corrected chi connectivity index (χ4v) is 3.34. The lowest BCUT2D eigenvalue weighted by Crippen LogP contribution is -2.46. The monoisotopic (exact) mass is 263 g/mol. The molecule has 4 nitrogen and oxygen atoms in total. The third-order valence-electron chi connectivity index (χ3n) is 4.28. The molecule has 20 heavy (non-hydrogen) atoms. The third kappa shape index (κ3) is 1.30. The van der Waals surface area contributed by atoms with Crippen LogP contribution in [0.5, 0.6) is 0 Å². The van der Waals surface area contributed by atoms with E-state index in [9.17, 15) is 4.79 Å². The van der Waals surface area contributed by atoms with E-state index in [4.69, 9.17) is 0 Å². The van der Waals surface area contributed by atoms with Crippen molar-refractivity contribution in [3.8, 4) is 0 Å². The number of nitrogens with zero attached hydrogens (tertiary/aromatic N) is 2. The molecule has 5 heteroatoms. The van der Waals surface area contributed by atoms with Gasteiger partial charge in [-0.05, 0) is 11.6 Å². The van der Waals surface area contributed by atoms with Gasteiger partial charge in [-0.15, -0.1) is 0 Å². The molecule has 4 rings (SSSR count). The molecule has 2 aliphatic heterocycles. The Morgan fingerprint density at radius 2 is 2.05 bits per heavy atom. The van der Waals surface area contributed by atoms with Crippen LogP contribution < -0.4 is 10.8 Å². The Hall–Kier alpha value is -2.14. The summed E-state index contributed by atoms with van der Waals surface area (Å²) in [5.41, 5.74) is 3.54. The fraction of sp³-hybridized carbons (Fsp3) is 0.200. The maximum absolute atomic E-state index is 12.6. The van der Waals surface area contributed by atoms with E-state index in [1.54, 1.807) is 12.4 Å². The van der Waals surface area contributed by atoms with E-state index in [-0.39, 0.29) is 5.91 Å². The first-order valence-corrected chi connectivity index (χ1v) is 6.82. The van der Waals surface area contributed by atoms with Gasteiger partial charge in [0, 0.05) is 31.0 Å². The molecule has 3 heterocycles. The van der Waals surface area contributed by atoms with Crippen LogP contribution in [0.3, 0.4) is 0 Å². The van der Waals surface area contributed by atoms with Crippen molar-refractivity contribution in [3.63, 3.8) is 0 Å². The highest BCUT2D eigenvalue weighted by molar-refractivity contribution is 6.32. The quantitative estimate of drug-likeness (QED) is 0.712. The number of rotatable bonds is 1. The summed E-state index contributed by atoms with van der Waals surface area (Å²) in [5, 5.41) is 3.53. The highest BCUT2D eigenvalue weighted by atomic mass is 16.2. The number of hydrogen-bond acceptors (Lipinski definition) is 3. The largest absolute Gasteiger partial charge is 0.311 e. The maximum Gasteiger partial charge on any atom is 0.257 e. The Labute approximate surface area is 118 Å². The molecule has 1 atom stereocenters. The second-order valence-electron chi connectivity index (χ2n) is 5.38. The summed E-state index contributed by atoms with van der Waals surface area (Å²) in [6, 6.07) is 10.3. The zero-order valence-corrected chi connectivity index (χ0v) is 11.3. The van der Waals surface area contributed by atoms with E-state index in [0.29, 0.717) is 5.56 Å². The Kier molecular flexibility index (Phi) is 2.29. The van der Waals surface area contributed by atoms with Gasteiger partial charge in [0.15, 0.2) is 0 Å². The summed E-state index contributed by atoms with van der Waals surface area (Å²) in [5.74, 6) is 0.0682. The summed E-state index contributed by atoms with van der Waals surface area (Å²) >= 11 is 0. The molecule has 0 bridgehead atoms. The lowest BCUT2D eigenvalue weighted by molar-refractivity contribution is 0.0694. The summed E-state index contributed by atoms with van der Waals surface area (Å²) in [4.78, 5) is 18.6. The fourth-order valence-electron chi connectivity index (χ4n) is 3.34. The minimum Gasteiger partial charge on any atom is -0.311 e. The van der Waals surface area contributed by atoms with E-state index < -0.39 is 5.66 Å². The number of aromatic nitrogens is 1. The van der Waals surface area contributed by atoms with Gasteiger partial charge < -0.3 is 4.90 Å². The lowest BCUT2D eigenvalue weighted by Gasteiger charge is -2.33. The average molecular weight is 263 g/mol. The molecule has 2 aromatic rings. The molecule has 98 valence electrons. The van der Waals surface area contributed by atoms with Gasteiger partial charge in [-0.1, -0.05) is 29.7 Å². The van der Waals surface area contributed by atoms with Crippen molar-refractivity contribution >= 4 is 19.2 Å². The Morgan fingerprint density at radius 1 is 1.25 bits per heavy atom. The van der Waals surface area contributed by atoms with E-state index in [1.165, 1.54) is 5.46 Å². The number of carbonyl (C=O) groups excluding carboxylic acids is 1. The van der Waals surface area contributed by atoms with Gasteiger partial charge in [-0.2, -0.15) is 0 Å². The van der Waals surface area contributed by atoms with Gasteiger partial charge in [0.2, 0.25) is 0 Å². The first kappa shape index (κ1) is 11.7. The Balaban J connectivity index is 1.99. The molecular formula is C15H14BN3O. The molecule has 1 saturated heterocycles. The van der Waals surface area contributed by atoms with Gasteiger partial charge >= 0.3 is 0 Å². The van der Waals surface area contributed by atoms with Gasteiger partial charge in [-0.25, -0.2) is 0 Å². The van der Waals surface area contributed by atoms with Crippen molar-refractivity contribution in [2.75, 3.05) is 13.1 Å². The molecule has 1 amide bonds. The van der Waals surface area contributed by atoms with E-state index in [2.05, 4.69) is 42.4 Å². The van der Waals surface area contributed by atoms with Crippen molar-refractivity contribution < 1.29 is 4.79 Å². The number of amides is 1. The van der Waals surface area contributed by atoms with Crippen molar-refractivity contribution in [2.24, 2.45) is 0 Å². The van der Waals surface area contributed by atoms with E-state index in [0.717, 1.165) is 24.2 Å². The van der Waals surface area contributed by atoms with Gasteiger partial charge in [0.05, 0.1) is 5.56 Å². The summed E-state index contributed by atoms with van der Waals surface area (Å²) in [6.07, 6.45) is 3.43. The topological polar surface area (TPSA) is 45.2 Å². The second-order valence-corrected chi connectivity index (χ2v) is 5.38. The van der Waals surface area contributed by atoms with Crippen molar-refractivity contribution in [1.29, 1.82) is 0 Å². The molecule has 1 unspecified atom stereocenters. The lowest BCUT2D eigenvalue weighted by atomic mass is 9.88.